The Morgan fingerprint density at radius 1 is 0.781 bits per heavy atom. The van der Waals surface area contributed by atoms with E-state index in [1.54, 1.807) is 24.3 Å². The van der Waals surface area contributed by atoms with Crippen LogP contribution in [0.25, 0.3) is 22.0 Å². The van der Waals surface area contributed by atoms with Crippen molar-refractivity contribution in [3.05, 3.63) is 87.7 Å². The number of aromatic nitrogens is 1. The second-order valence-corrected chi connectivity index (χ2v) is 7.58. The molecule has 7 heteroatoms. The molecule has 4 rings (SSSR count). The number of hydrogen-bond acceptors (Lipinski definition) is 3. The summed E-state index contributed by atoms with van der Waals surface area (Å²) in [5.74, 6) is 0.522. The van der Waals surface area contributed by atoms with Crippen LogP contribution in [0.4, 0.5) is 13.2 Å². The second-order valence-electron chi connectivity index (χ2n) is 7.58. The SMILES string of the molecule is Cc1cc2[nH]c(C)c(-c3ccc(Oc4ccc(OC(F)(F)F)cc4)cc3)c(=O)c2cc1C. The Bertz CT molecular complexity index is 1340. The summed E-state index contributed by atoms with van der Waals surface area (Å²) in [5, 5.41) is 0.634. The van der Waals surface area contributed by atoms with Crippen LogP contribution in [0.2, 0.25) is 0 Å². The molecule has 0 saturated heterocycles. The van der Waals surface area contributed by atoms with Crippen molar-refractivity contribution in [3.63, 3.8) is 0 Å². The Labute approximate surface area is 182 Å². The average Bonchev–Trinajstić information content (AvgIpc) is 2.71. The van der Waals surface area contributed by atoms with Gasteiger partial charge in [0, 0.05) is 22.2 Å². The number of ether oxygens (including phenoxy) is 2. The number of alkyl halides is 3. The molecule has 1 aromatic heterocycles. The standard InChI is InChI=1S/C25H20F3NO3/c1-14-12-21-22(13-15(14)2)29-16(3)23(24(21)30)17-4-6-18(7-5-17)31-19-8-10-20(11-9-19)32-25(26,27)28/h4-13H,1-3H3,(H,29,30). The predicted octanol–water partition coefficient (Wildman–Crippen LogP) is 6.81. The van der Waals surface area contributed by atoms with Crippen LogP contribution in [-0.2, 0) is 0 Å². The van der Waals surface area contributed by atoms with E-state index >= 15 is 0 Å². The molecule has 0 atom stereocenters. The molecule has 0 saturated carbocycles. The molecule has 0 aliphatic rings. The Morgan fingerprint density at radius 3 is 1.91 bits per heavy atom. The maximum absolute atomic E-state index is 13.2. The highest BCUT2D eigenvalue weighted by Crippen LogP contribution is 2.29. The minimum absolute atomic E-state index is 0.0479. The molecular weight excluding hydrogens is 419 g/mol. The predicted molar refractivity (Wildman–Crippen MR) is 117 cm³/mol. The largest absolute Gasteiger partial charge is 0.573 e. The zero-order chi connectivity index (χ0) is 23.0. The third-order valence-corrected chi connectivity index (χ3v) is 5.24. The number of benzene rings is 3. The molecule has 0 aliphatic heterocycles. The summed E-state index contributed by atoms with van der Waals surface area (Å²) >= 11 is 0. The van der Waals surface area contributed by atoms with E-state index < -0.39 is 6.36 Å². The molecule has 0 aliphatic carbocycles. The Balaban J connectivity index is 1.60. The normalized spacial score (nSPS) is 11.6. The van der Waals surface area contributed by atoms with Gasteiger partial charge in [0.1, 0.15) is 17.2 Å². The van der Waals surface area contributed by atoms with E-state index in [2.05, 4.69) is 9.72 Å². The summed E-state index contributed by atoms with van der Waals surface area (Å²) in [5.41, 5.74) is 5.00. The summed E-state index contributed by atoms with van der Waals surface area (Å²) in [6, 6.07) is 16.0. The van der Waals surface area contributed by atoms with Crippen LogP contribution in [-0.4, -0.2) is 11.3 Å². The van der Waals surface area contributed by atoms with Crippen LogP contribution < -0.4 is 14.9 Å². The van der Waals surface area contributed by atoms with E-state index in [4.69, 9.17) is 4.74 Å². The van der Waals surface area contributed by atoms with Gasteiger partial charge < -0.3 is 14.5 Å². The highest BCUT2D eigenvalue weighted by Gasteiger charge is 2.31. The van der Waals surface area contributed by atoms with Gasteiger partial charge in [0.15, 0.2) is 5.43 Å². The zero-order valence-corrected chi connectivity index (χ0v) is 17.6. The topological polar surface area (TPSA) is 51.3 Å². The van der Waals surface area contributed by atoms with Crippen molar-refractivity contribution in [2.45, 2.75) is 27.1 Å². The molecule has 1 heterocycles. The number of nitrogens with one attached hydrogen (secondary N) is 1. The first kappa shape index (κ1) is 21.5. The minimum Gasteiger partial charge on any atom is -0.457 e. The number of pyridine rings is 1. The first-order chi connectivity index (χ1) is 15.1. The lowest BCUT2D eigenvalue weighted by Crippen LogP contribution is -2.16. The summed E-state index contributed by atoms with van der Waals surface area (Å²) < 4.78 is 46.3. The van der Waals surface area contributed by atoms with E-state index in [0.29, 0.717) is 22.4 Å². The Morgan fingerprint density at radius 2 is 1.31 bits per heavy atom. The smallest absolute Gasteiger partial charge is 0.457 e. The molecule has 4 nitrogen and oxygen atoms in total. The average molecular weight is 439 g/mol. The van der Waals surface area contributed by atoms with Gasteiger partial charge in [0.05, 0.1) is 0 Å². The van der Waals surface area contributed by atoms with Gasteiger partial charge in [-0.3, -0.25) is 4.79 Å². The first-order valence-corrected chi connectivity index (χ1v) is 9.89. The molecule has 4 aromatic rings. The van der Waals surface area contributed by atoms with Crippen LogP contribution >= 0.6 is 0 Å². The monoisotopic (exact) mass is 439 g/mol. The molecule has 164 valence electrons. The molecule has 0 spiro atoms. The number of H-pyrrole nitrogens is 1. The molecule has 3 aromatic carbocycles. The quantitative estimate of drug-likeness (QED) is 0.380. The number of rotatable bonds is 4. The van der Waals surface area contributed by atoms with Crippen LogP contribution in [0.3, 0.4) is 0 Å². The van der Waals surface area contributed by atoms with E-state index in [1.807, 2.05) is 32.9 Å². The van der Waals surface area contributed by atoms with Crippen LogP contribution in [0.5, 0.6) is 17.2 Å². The molecule has 0 radical (unpaired) electrons. The molecule has 0 amide bonds. The maximum atomic E-state index is 13.2. The van der Waals surface area contributed by atoms with Crippen LogP contribution in [0, 0.1) is 20.8 Å². The molecule has 32 heavy (non-hydrogen) atoms. The second kappa shape index (κ2) is 8.07. The van der Waals surface area contributed by atoms with Gasteiger partial charge in [0.2, 0.25) is 0 Å². The van der Waals surface area contributed by atoms with Crippen molar-refractivity contribution in [1.82, 2.24) is 4.98 Å². The first-order valence-electron chi connectivity index (χ1n) is 9.89. The number of hydrogen-bond donors (Lipinski definition) is 1. The third-order valence-electron chi connectivity index (χ3n) is 5.24. The third kappa shape index (κ3) is 4.46. The Kier molecular flexibility index (Phi) is 5.42. The van der Waals surface area contributed by atoms with Crippen LogP contribution in [0.15, 0.2) is 65.5 Å². The van der Waals surface area contributed by atoms with E-state index in [9.17, 15) is 18.0 Å². The van der Waals surface area contributed by atoms with Gasteiger partial charge in [-0.2, -0.15) is 0 Å². The van der Waals surface area contributed by atoms with Crippen LogP contribution in [0.1, 0.15) is 16.8 Å². The van der Waals surface area contributed by atoms with E-state index in [1.165, 1.54) is 24.3 Å². The lowest BCUT2D eigenvalue weighted by Gasteiger charge is -2.12. The molecule has 0 fully saturated rings. The molecular formula is C25H20F3NO3. The van der Waals surface area contributed by atoms with E-state index in [0.717, 1.165) is 27.9 Å². The number of aromatic amines is 1. The maximum Gasteiger partial charge on any atom is 0.573 e. The van der Waals surface area contributed by atoms with Gasteiger partial charge in [-0.05, 0) is 86.0 Å². The fraction of sp³-hybridized carbons (Fsp3) is 0.160. The summed E-state index contributed by atoms with van der Waals surface area (Å²) in [4.78, 5) is 16.5. The molecule has 0 bridgehead atoms. The van der Waals surface area contributed by atoms with Crippen molar-refractivity contribution in [2.24, 2.45) is 0 Å². The van der Waals surface area contributed by atoms with Crippen molar-refractivity contribution >= 4 is 10.9 Å². The van der Waals surface area contributed by atoms with Crippen molar-refractivity contribution in [3.8, 4) is 28.4 Å². The van der Waals surface area contributed by atoms with E-state index in [-0.39, 0.29) is 11.2 Å². The lowest BCUT2D eigenvalue weighted by atomic mass is 9.99. The lowest BCUT2D eigenvalue weighted by molar-refractivity contribution is -0.274. The number of halogens is 3. The Hall–Kier alpha value is -3.74. The van der Waals surface area contributed by atoms with Gasteiger partial charge >= 0.3 is 6.36 Å². The fourth-order valence-electron chi connectivity index (χ4n) is 3.56. The van der Waals surface area contributed by atoms with Gasteiger partial charge in [-0.1, -0.05) is 12.1 Å². The highest BCUT2D eigenvalue weighted by molar-refractivity contribution is 5.86. The van der Waals surface area contributed by atoms with Gasteiger partial charge in [0.25, 0.3) is 0 Å². The summed E-state index contributed by atoms with van der Waals surface area (Å²) in [6.07, 6.45) is -4.74. The molecule has 0 unspecified atom stereocenters. The van der Waals surface area contributed by atoms with Crippen molar-refractivity contribution in [2.75, 3.05) is 0 Å². The number of aryl methyl sites for hydroxylation is 3. The van der Waals surface area contributed by atoms with Gasteiger partial charge in [-0.15, -0.1) is 13.2 Å². The minimum atomic E-state index is -4.74. The van der Waals surface area contributed by atoms with Crippen molar-refractivity contribution < 1.29 is 22.6 Å². The number of fused-ring (bicyclic) bond motifs is 1. The molecule has 1 N–H and O–H groups in total. The zero-order valence-electron chi connectivity index (χ0n) is 17.6. The summed E-state index contributed by atoms with van der Waals surface area (Å²) in [6.45, 7) is 5.84. The van der Waals surface area contributed by atoms with Crippen molar-refractivity contribution in [1.29, 1.82) is 0 Å². The highest BCUT2D eigenvalue weighted by atomic mass is 19.4. The summed E-state index contributed by atoms with van der Waals surface area (Å²) in [7, 11) is 0. The fourth-order valence-corrected chi connectivity index (χ4v) is 3.56. The van der Waals surface area contributed by atoms with Gasteiger partial charge in [-0.25, -0.2) is 0 Å².